The van der Waals surface area contributed by atoms with Crippen molar-refractivity contribution >= 4 is 5.91 Å². The van der Waals surface area contributed by atoms with Gasteiger partial charge in [0.2, 0.25) is 5.91 Å². The molecule has 20 heavy (non-hydrogen) atoms. The average molecular weight is 281 g/mol. The third-order valence-corrected chi connectivity index (χ3v) is 4.74. The van der Waals surface area contributed by atoms with Crippen molar-refractivity contribution < 1.29 is 4.79 Å². The van der Waals surface area contributed by atoms with Gasteiger partial charge in [-0.3, -0.25) is 9.69 Å². The van der Waals surface area contributed by atoms with Crippen molar-refractivity contribution in [3.05, 3.63) is 0 Å². The molecule has 116 valence electrons. The molecule has 1 heterocycles. The Hall–Kier alpha value is -0.610. The van der Waals surface area contributed by atoms with Crippen LogP contribution in [0.15, 0.2) is 0 Å². The quantitative estimate of drug-likeness (QED) is 0.745. The summed E-state index contributed by atoms with van der Waals surface area (Å²) < 4.78 is 0. The normalized spacial score (nSPS) is 23.0. The molecule has 0 spiro atoms. The highest BCUT2D eigenvalue weighted by Crippen LogP contribution is 2.28. The smallest absolute Gasteiger partial charge is 0.234 e. The number of nitrogens with one attached hydrogen (secondary N) is 2. The first-order chi connectivity index (χ1) is 9.54. The number of amides is 1. The van der Waals surface area contributed by atoms with E-state index in [1.807, 2.05) is 0 Å². The molecule has 1 saturated heterocycles. The minimum atomic E-state index is 0.176. The number of rotatable bonds is 7. The van der Waals surface area contributed by atoms with Crippen molar-refractivity contribution in [1.82, 2.24) is 15.5 Å². The Kier molecular flexibility index (Phi) is 5.85. The van der Waals surface area contributed by atoms with Crippen LogP contribution >= 0.6 is 0 Å². The number of nitrogens with zero attached hydrogens (tertiary/aromatic N) is 1. The van der Waals surface area contributed by atoms with Gasteiger partial charge in [0.1, 0.15) is 0 Å². The van der Waals surface area contributed by atoms with E-state index in [1.54, 1.807) is 0 Å². The fraction of sp³-hybridized carbons (Fsp3) is 0.938. The van der Waals surface area contributed by atoms with E-state index in [1.165, 1.54) is 32.2 Å². The second-order valence-electron chi connectivity index (χ2n) is 7.00. The fourth-order valence-electron chi connectivity index (χ4n) is 2.62. The second-order valence-corrected chi connectivity index (χ2v) is 7.00. The summed E-state index contributed by atoms with van der Waals surface area (Å²) in [4.78, 5) is 14.3. The molecule has 1 amide bonds. The molecule has 2 fully saturated rings. The third-order valence-electron chi connectivity index (χ3n) is 4.74. The highest BCUT2D eigenvalue weighted by Gasteiger charge is 2.25. The molecule has 1 unspecified atom stereocenters. The van der Waals surface area contributed by atoms with Crippen LogP contribution in [-0.2, 0) is 4.79 Å². The highest BCUT2D eigenvalue weighted by molar-refractivity contribution is 5.78. The van der Waals surface area contributed by atoms with Crippen LogP contribution in [0.1, 0.15) is 46.5 Å². The van der Waals surface area contributed by atoms with Crippen LogP contribution < -0.4 is 10.6 Å². The first-order valence-corrected chi connectivity index (χ1v) is 8.29. The van der Waals surface area contributed by atoms with Crippen LogP contribution in [0.2, 0.25) is 0 Å². The van der Waals surface area contributed by atoms with Crippen LogP contribution in [0.3, 0.4) is 0 Å². The Morgan fingerprint density at radius 3 is 2.35 bits per heavy atom. The number of likely N-dealkylation sites (tertiary alicyclic amines) is 1. The van der Waals surface area contributed by atoms with E-state index in [9.17, 15) is 4.79 Å². The zero-order chi connectivity index (χ0) is 14.5. The molecule has 2 N–H and O–H groups in total. The summed E-state index contributed by atoms with van der Waals surface area (Å²) in [6.07, 6.45) is 5.19. The van der Waals surface area contributed by atoms with Gasteiger partial charge in [-0.05, 0) is 51.0 Å². The summed E-state index contributed by atoms with van der Waals surface area (Å²) in [5.41, 5.74) is 0. The van der Waals surface area contributed by atoms with Gasteiger partial charge in [0.05, 0.1) is 6.54 Å². The Labute approximate surface area is 123 Å². The van der Waals surface area contributed by atoms with Crippen molar-refractivity contribution in [2.45, 2.75) is 58.5 Å². The van der Waals surface area contributed by atoms with E-state index in [-0.39, 0.29) is 11.9 Å². The molecule has 0 aromatic carbocycles. The number of hydrogen-bond donors (Lipinski definition) is 2. The van der Waals surface area contributed by atoms with Gasteiger partial charge >= 0.3 is 0 Å². The first-order valence-electron chi connectivity index (χ1n) is 8.29. The maximum Gasteiger partial charge on any atom is 0.234 e. The first kappa shape index (κ1) is 15.8. The summed E-state index contributed by atoms with van der Waals surface area (Å²) in [7, 11) is 0. The molecule has 1 saturated carbocycles. The molecular weight excluding hydrogens is 250 g/mol. The molecule has 0 aromatic heterocycles. The van der Waals surface area contributed by atoms with Crippen molar-refractivity contribution in [3.8, 4) is 0 Å². The Morgan fingerprint density at radius 1 is 1.15 bits per heavy atom. The number of carbonyl (C=O) groups is 1. The molecule has 0 aromatic rings. The van der Waals surface area contributed by atoms with Gasteiger partial charge in [0.25, 0.3) is 0 Å². The standard InChI is InChI=1S/C16H31N3O/c1-12(2)13(3)18-16(20)11-19-8-6-15(7-9-19)17-10-14-4-5-14/h12-15,17H,4-11H2,1-3H3,(H,18,20). The average Bonchev–Trinajstić information content (AvgIpc) is 3.21. The molecule has 1 atom stereocenters. The lowest BCUT2D eigenvalue weighted by Gasteiger charge is -2.32. The van der Waals surface area contributed by atoms with E-state index < -0.39 is 0 Å². The number of carbonyl (C=O) groups excluding carboxylic acids is 1. The monoisotopic (exact) mass is 281 g/mol. The SMILES string of the molecule is CC(C)C(C)NC(=O)CN1CCC(NCC2CC2)CC1. The predicted molar refractivity (Wildman–Crippen MR) is 82.6 cm³/mol. The Morgan fingerprint density at radius 2 is 1.80 bits per heavy atom. The van der Waals surface area contributed by atoms with Crippen LogP contribution in [0.25, 0.3) is 0 Å². The minimum Gasteiger partial charge on any atom is -0.352 e. The van der Waals surface area contributed by atoms with Crippen molar-refractivity contribution in [1.29, 1.82) is 0 Å². The largest absolute Gasteiger partial charge is 0.352 e. The Bertz CT molecular complexity index is 307. The van der Waals surface area contributed by atoms with Gasteiger partial charge in [-0.15, -0.1) is 0 Å². The fourth-order valence-corrected chi connectivity index (χ4v) is 2.62. The van der Waals surface area contributed by atoms with E-state index in [0.717, 1.165) is 19.0 Å². The van der Waals surface area contributed by atoms with Crippen molar-refractivity contribution in [2.24, 2.45) is 11.8 Å². The Balaban J connectivity index is 1.59. The lowest BCUT2D eigenvalue weighted by atomic mass is 10.0. The van der Waals surface area contributed by atoms with E-state index in [2.05, 4.69) is 36.3 Å². The van der Waals surface area contributed by atoms with Crippen LogP contribution in [0.4, 0.5) is 0 Å². The summed E-state index contributed by atoms with van der Waals surface area (Å²) in [6.45, 7) is 10.2. The molecule has 4 heteroatoms. The molecule has 0 radical (unpaired) electrons. The van der Waals surface area contributed by atoms with Crippen molar-refractivity contribution in [3.63, 3.8) is 0 Å². The van der Waals surface area contributed by atoms with Gasteiger partial charge in [0.15, 0.2) is 0 Å². The number of piperidine rings is 1. The maximum absolute atomic E-state index is 12.0. The summed E-state index contributed by atoms with van der Waals surface area (Å²) >= 11 is 0. The van der Waals surface area contributed by atoms with Gasteiger partial charge in [-0.25, -0.2) is 0 Å². The number of hydrogen-bond acceptors (Lipinski definition) is 3. The lowest BCUT2D eigenvalue weighted by Crippen LogP contribution is -2.48. The zero-order valence-electron chi connectivity index (χ0n) is 13.3. The molecule has 2 rings (SSSR count). The maximum atomic E-state index is 12.0. The summed E-state index contributed by atoms with van der Waals surface area (Å²) in [5, 5.41) is 6.77. The molecule has 2 aliphatic rings. The molecule has 1 aliphatic carbocycles. The molecular formula is C16H31N3O. The van der Waals surface area contributed by atoms with Crippen LogP contribution in [-0.4, -0.2) is 49.1 Å². The van der Waals surface area contributed by atoms with Gasteiger partial charge < -0.3 is 10.6 Å². The highest BCUT2D eigenvalue weighted by atomic mass is 16.2. The topological polar surface area (TPSA) is 44.4 Å². The summed E-state index contributed by atoms with van der Waals surface area (Å²) in [6, 6.07) is 0.935. The van der Waals surface area contributed by atoms with Crippen LogP contribution in [0.5, 0.6) is 0 Å². The van der Waals surface area contributed by atoms with Crippen LogP contribution in [0, 0.1) is 11.8 Å². The zero-order valence-corrected chi connectivity index (χ0v) is 13.3. The second kappa shape index (κ2) is 7.41. The van der Waals surface area contributed by atoms with Gasteiger partial charge in [-0.2, -0.15) is 0 Å². The lowest BCUT2D eigenvalue weighted by molar-refractivity contribution is -0.123. The summed E-state index contributed by atoms with van der Waals surface area (Å²) in [5.74, 6) is 1.63. The molecule has 4 nitrogen and oxygen atoms in total. The third kappa shape index (κ3) is 5.41. The molecule has 0 bridgehead atoms. The predicted octanol–water partition coefficient (Wildman–Crippen LogP) is 1.61. The van der Waals surface area contributed by atoms with Gasteiger partial charge in [-0.1, -0.05) is 13.8 Å². The van der Waals surface area contributed by atoms with E-state index in [4.69, 9.17) is 0 Å². The minimum absolute atomic E-state index is 0.176. The van der Waals surface area contributed by atoms with E-state index in [0.29, 0.717) is 18.5 Å². The van der Waals surface area contributed by atoms with E-state index >= 15 is 0 Å². The van der Waals surface area contributed by atoms with Gasteiger partial charge in [0, 0.05) is 25.2 Å². The molecule has 1 aliphatic heterocycles. The van der Waals surface area contributed by atoms with Crippen molar-refractivity contribution in [2.75, 3.05) is 26.2 Å².